The molecule has 98 valence electrons. The number of aliphatic carboxylic acids is 1. The van der Waals surface area contributed by atoms with Gasteiger partial charge in [0.2, 0.25) is 0 Å². The van der Waals surface area contributed by atoms with Crippen molar-refractivity contribution >= 4 is 11.8 Å². The van der Waals surface area contributed by atoms with Crippen LogP contribution in [0.3, 0.4) is 0 Å². The molecule has 1 aromatic carbocycles. The Labute approximate surface area is 106 Å². The molecule has 0 amide bonds. The molecule has 0 unspecified atom stereocenters. The minimum Gasteiger partial charge on any atom is -0.480 e. The summed E-state index contributed by atoms with van der Waals surface area (Å²) in [6.07, 6.45) is 1.25. The molecule has 1 aromatic rings. The van der Waals surface area contributed by atoms with Gasteiger partial charge in [0.05, 0.1) is 0 Å². The minimum atomic E-state index is -1.86. The fraction of sp³-hybridized carbons (Fsp3) is 0.385. The summed E-state index contributed by atoms with van der Waals surface area (Å²) in [4.78, 5) is 23.4. The third-order valence-electron chi connectivity index (χ3n) is 2.85. The minimum absolute atomic E-state index is 0.0905. The second-order valence-corrected chi connectivity index (χ2v) is 4.22. The summed E-state index contributed by atoms with van der Waals surface area (Å²) < 4.78 is 0. The average molecular weight is 250 g/mol. The maximum Gasteiger partial charge on any atom is 0.331 e. The van der Waals surface area contributed by atoms with E-state index in [2.05, 4.69) is 0 Å². The second kappa shape index (κ2) is 6.28. The molecule has 0 radical (unpaired) electrons. The molecule has 0 aliphatic carbocycles. The zero-order valence-electron chi connectivity index (χ0n) is 10.1. The van der Waals surface area contributed by atoms with E-state index in [9.17, 15) is 14.7 Å². The van der Waals surface area contributed by atoms with Crippen LogP contribution in [0.15, 0.2) is 30.3 Å². The van der Waals surface area contributed by atoms with Gasteiger partial charge in [-0.15, -0.1) is 0 Å². The smallest absolute Gasteiger partial charge is 0.331 e. The van der Waals surface area contributed by atoms with Crippen LogP contribution in [0, 0.1) is 0 Å². The van der Waals surface area contributed by atoms with Crippen molar-refractivity contribution in [3.63, 3.8) is 0 Å². The molecule has 0 saturated heterocycles. The van der Waals surface area contributed by atoms with Crippen LogP contribution >= 0.6 is 0 Å². The van der Waals surface area contributed by atoms with Crippen molar-refractivity contribution in [2.75, 3.05) is 6.54 Å². The molecule has 1 atom stereocenters. The van der Waals surface area contributed by atoms with Crippen LogP contribution in [0.25, 0.3) is 0 Å². The molecule has 1 rings (SSSR count). The molecule has 0 aliphatic rings. The Hall–Kier alpha value is -1.72. The molecular formula is C13H18N2O3. The standard InChI is InChI=1S/C13H18N2O3/c14-9-5-4-8-13(15,12(17)18)11(16)10-6-2-1-3-7-10/h1-3,6-7H,4-5,8-9,14-15H2,(H,17,18)/t13-/m1/s1. The first-order valence-electron chi connectivity index (χ1n) is 5.84. The van der Waals surface area contributed by atoms with Crippen LogP contribution in [0.1, 0.15) is 29.6 Å². The van der Waals surface area contributed by atoms with Crippen molar-refractivity contribution in [3.05, 3.63) is 35.9 Å². The number of carbonyl (C=O) groups is 2. The summed E-state index contributed by atoms with van der Waals surface area (Å²) in [5.74, 6) is -1.86. The summed E-state index contributed by atoms with van der Waals surface area (Å²) in [6.45, 7) is 0.454. The quantitative estimate of drug-likeness (QED) is 0.376. The summed E-state index contributed by atoms with van der Waals surface area (Å²) in [5, 5.41) is 9.19. The number of benzene rings is 1. The van der Waals surface area contributed by atoms with Gasteiger partial charge >= 0.3 is 5.97 Å². The summed E-state index contributed by atoms with van der Waals surface area (Å²) in [6, 6.07) is 8.24. The molecule has 18 heavy (non-hydrogen) atoms. The van der Waals surface area contributed by atoms with Crippen LogP contribution < -0.4 is 11.5 Å². The SMILES string of the molecule is NCCCC[C@](N)(C(=O)O)C(=O)c1ccccc1. The van der Waals surface area contributed by atoms with Crippen molar-refractivity contribution in [2.45, 2.75) is 24.8 Å². The molecule has 0 heterocycles. The van der Waals surface area contributed by atoms with E-state index in [-0.39, 0.29) is 6.42 Å². The number of carbonyl (C=O) groups excluding carboxylic acids is 1. The lowest BCUT2D eigenvalue weighted by Crippen LogP contribution is -2.54. The molecule has 5 N–H and O–H groups in total. The van der Waals surface area contributed by atoms with Gasteiger partial charge in [0.1, 0.15) is 0 Å². The second-order valence-electron chi connectivity index (χ2n) is 4.22. The fourth-order valence-electron chi connectivity index (χ4n) is 1.71. The van der Waals surface area contributed by atoms with Gasteiger partial charge in [-0.25, -0.2) is 4.79 Å². The van der Waals surface area contributed by atoms with Crippen molar-refractivity contribution in [3.8, 4) is 0 Å². The number of carboxylic acids is 1. The van der Waals surface area contributed by atoms with Crippen molar-refractivity contribution < 1.29 is 14.7 Å². The Bertz CT molecular complexity index is 420. The van der Waals surface area contributed by atoms with E-state index in [1.54, 1.807) is 30.3 Å². The van der Waals surface area contributed by atoms with Crippen LogP contribution in [0.5, 0.6) is 0 Å². The van der Waals surface area contributed by atoms with E-state index < -0.39 is 17.3 Å². The number of nitrogens with two attached hydrogens (primary N) is 2. The van der Waals surface area contributed by atoms with Gasteiger partial charge in [0, 0.05) is 5.56 Å². The maximum absolute atomic E-state index is 12.2. The van der Waals surface area contributed by atoms with E-state index in [0.717, 1.165) is 0 Å². The van der Waals surface area contributed by atoms with Crippen molar-refractivity contribution in [1.82, 2.24) is 0 Å². The normalized spacial score (nSPS) is 13.9. The number of carboxylic acid groups (broad SMARTS) is 1. The molecule has 0 aliphatic heterocycles. The highest BCUT2D eigenvalue weighted by Gasteiger charge is 2.41. The van der Waals surface area contributed by atoms with E-state index in [4.69, 9.17) is 11.5 Å². The predicted octanol–water partition coefficient (Wildman–Crippen LogP) is 0.780. The number of ketones is 1. The number of hydrogen-bond donors (Lipinski definition) is 3. The Kier molecular flexibility index (Phi) is 5.00. The Balaban J connectivity index is 2.91. The summed E-state index contributed by atoms with van der Waals surface area (Å²) in [5.41, 5.74) is 9.57. The first-order chi connectivity index (χ1) is 8.52. The third-order valence-corrected chi connectivity index (χ3v) is 2.85. The lowest BCUT2D eigenvalue weighted by molar-refractivity contribution is -0.141. The number of Topliss-reactive ketones (excluding diaryl/α,β-unsaturated/α-hetero) is 1. The van der Waals surface area contributed by atoms with Gasteiger partial charge in [0.15, 0.2) is 11.3 Å². The molecular weight excluding hydrogens is 232 g/mol. The molecule has 0 bridgehead atoms. The van der Waals surface area contributed by atoms with Gasteiger partial charge in [-0.1, -0.05) is 30.3 Å². The van der Waals surface area contributed by atoms with Gasteiger partial charge < -0.3 is 16.6 Å². The van der Waals surface area contributed by atoms with Crippen LogP contribution in [0.4, 0.5) is 0 Å². The largest absolute Gasteiger partial charge is 0.480 e. The molecule has 0 saturated carbocycles. The first-order valence-corrected chi connectivity index (χ1v) is 5.84. The molecule has 0 fully saturated rings. The van der Waals surface area contributed by atoms with Gasteiger partial charge in [-0.05, 0) is 25.8 Å². The predicted molar refractivity (Wildman–Crippen MR) is 68.2 cm³/mol. The molecule has 0 aromatic heterocycles. The topological polar surface area (TPSA) is 106 Å². The lowest BCUT2D eigenvalue weighted by atomic mass is 9.85. The van der Waals surface area contributed by atoms with Crippen molar-refractivity contribution in [1.29, 1.82) is 0 Å². The van der Waals surface area contributed by atoms with E-state index in [1.165, 1.54) is 0 Å². The zero-order valence-corrected chi connectivity index (χ0v) is 10.1. The van der Waals surface area contributed by atoms with E-state index in [1.807, 2.05) is 0 Å². The highest BCUT2D eigenvalue weighted by molar-refractivity contribution is 6.15. The Morgan fingerprint density at radius 2 is 1.78 bits per heavy atom. The van der Waals surface area contributed by atoms with Crippen LogP contribution in [-0.2, 0) is 4.79 Å². The van der Waals surface area contributed by atoms with Crippen molar-refractivity contribution in [2.24, 2.45) is 11.5 Å². The van der Waals surface area contributed by atoms with Gasteiger partial charge in [0.25, 0.3) is 0 Å². The first kappa shape index (κ1) is 14.3. The molecule has 5 heteroatoms. The summed E-state index contributed by atoms with van der Waals surface area (Å²) >= 11 is 0. The van der Waals surface area contributed by atoms with Crippen LogP contribution in [0.2, 0.25) is 0 Å². The number of hydrogen-bond acceptors (Lipinski definition) is 4. The van der Waals surface area contributed by atoms with E-state index >= 15 is 0 Å². The average Bonchev–Trinajstić information content (AvgIpc) is 2.38. The molecule has 5 nitrogen and oxygen atoms in total. The lowest BCUT2D eigenvalue weighted by Gasteiger charge is -2.23. The Morgan fingerprint density at radius 3 is 2.28 bits per heavy atom. The van der Waals surface area contributed by atoms with Gasteiger partial charge in [-0.2, -0.15) is 0 Å². The number of rotatable bonds is 7. The fourth-order valence-corrected chi connectivity index (χ4v) is 1.71. The van der Waals surface area contributed by atoms with E-state index in [0.29, 0.717) is 24.9 Å². The third kappa shape index (κ3) is 3.15. The monoisotopic (exact) mass is 250 g/mol. The highest BCUT2D eigenvalue weighted by atomic mass is 16.4. The number of unbranched alkanes of at least 4 members (excludes halogenated alkanes) is 1. The Morgan fingerprint density at radius 1 is 1.17 bits per heavy atom. The molecule has 0 spiro atoms. The van der Waals surface area contributed by atoms with Crippen LogP contribution in [-0.4, -0.2) is 28.9 Å². The maximum atomic E-state index is 12.2. The highest BCUT2D eigenvalue weighted by Crippen LogP contribution is 2.18. The zero-order chi connectivity index (χ0) is 13.6. The summed E-state index contributed by atoms with van der Waals surface area (Å²) in [7, 11) is 0. The van der Waals surface area contributed by atoms with Gasteiger partial charge in [-0.3, -0.25) is 4.79 Å².